The molecule has 8 atom stereocenters. The maximum Gasteiger partial charge on any atom is 0.313 e. The summed E-state index contributed by atoms with van der Waals surface area (Å²) < 4.78 is 13.2. The number of esters is 1. The number of benzene rings is 2. The van der Waals surface area contributed by atoms with E-state index in [9.17, 15) is 24.3 Å². The summed E-state index contributed by atoms with van der Waals surface area (Å²) in [6.45, 7) is 5.59. The van der Waals surface area contributed by atoms with Crippen LogP contribution in [-0.4, -0.2) is 88.6 Å². The molecule has 4 aliphatic rings. The molecule has 260 valence electrons. The Morgan fingerprint density at radius 1 is 1.00 bits per heavy atom. The highest BCUT2D eigenvalue weighted by atomic mass is 35.5. The number of likely N-dealkylation sites (N-methyl/N-ethyl adjacent to an activating group) is 1. The molecule has 0 aromatic heterocycles. The summed E-state index contributed by atoms with van der Waals surface area (Å²) in [5, 5.41) is 11.1. The molecule has 2 fully saturated rings. The van der Waals surface area contributed by atoms with Crippen molar-refractivity contribution in [2.24, 2.45) is 17.8 Å². The molecular formula is C38H44ClN3O7. The van der Waals surface area contributed by atoms with E-state index >= 15 is 0 Å². The fourth-order valence-electron chi connectivity index (χ4n) is 7.93. The van der Waals surface area contributed by atoms with Crippen LogP contribution in [0.15, 0.2) is 78.9 Å². The van der Waals surface area contributed by atoms with Crippen molar-refractivity contribution in [2.45, 2.75) is 76.0 Å². The van der Waals surface area contributed by atoms with Gasteiger partial charge < -0.3 is 29.3 Å². The van der Waals surface area contributed by atoms with Crippen LogP contribution in [0.25, 0.3) is 0 Å². The average molecular weight is 690 g/mol. The molecule has 4 aliphatic heterocycles. The van der Waals surface area contributed by atoms with Gasteiger partial charge in [-0.05, 0) is 43.4 Å². The van der Waals surface area contributed by atoms with Gasteiger partial charge in [0.1, 0.15) is 23.7 Å². The van der Waals surface area contributed by atoms with Gasteiger partial charge in [0, 0.05) is 20.0 Å². The van der Waals surface area contributed by atoms with Crippen molar-refractivity contribution < 1.29 is 33.8 Å². The van der Waals surface area contributed by atoms with E-state index in [1.807, 2.05) is 51.1 Å². The standard InChI is InChI=1S/C38H44ClN3O7/c1-23(2)21-26(22-43)42-34-36(46)41(28-16-9-8-15-27(28)39)20-12-19-38(34)32(35(42)45)31-29(49-38)17-10-11-18-30(44)40(4)24(3)33(48-37(31)47)25-13-6-5-7-14-25/h5-10,12-17,19,23-24,26,29,31-34,43H,11,18,20-22H2,1-4H3/b17-10-/t24-,26-,29-,31+,32+,33+,34-,38+/m1/s1. The number of carbonyl (C=O) groups excluding carboxylic acids is 4. The maximum atomic E-state index is 14.9. The molecule has 2 aromatic carbocycles. The van der Waals surface area contributed by atoms with Crippen LogP contribution in [0.2, 0.25) is 5.02 Å². The predicted molar refractivity (Wildman–Crippen MR) is 184 cm³/mol. The zero-order valence-electron chi connectivity index (χ0n) is 28.3. The van der Waals surface area contributed by atoms with E-state index in [4.69, 9.17) is 21.1 Å². The highest BCUT2D eigenvalue weighted by Crippen LogP contribution is 2.54. The van der Waals surface area contributed by atoms with Crippen molar-refractivity contribution in [3.05, 3.63) is 89.5 Å². The number of likely N-dealkylation sites (tertiary alicyclic amines) is 1. The largest absolute Gasteiger partial charge is 0.455 e. The summed E-state index contributed by atoms with van der Waals surface area (Å²) in [6, 6.07) is 13.8. The van der Waals surface area contributed by atoms with Gasteiger partial charge in [0.05, 0.1) is 41.4 Å². The summed E-state index contributed by atoms with van der Waals surface area (Å²) in [5.41, 5.74) is -0.364. The maximum absolute atomic E-state index is 14.9. The highest BCUT2D eigenvalue weighted by Gasteiger charge is 2.72. The first-order valence-electron chi connectivity index (χ1n) is 17.0. The van der Waals surface area contributed by atoms with Crippen LogP contribution in [0.4, 0.5) is 5.69 Å². The third kappa shape index (κ3) is 6.19. The summed E-state index contributed by atoms with van der Waals surface area (Å²) in [6.07, 6.45) is 6.34. The lowest BCUT2D eigenvalue weighted by molar-refractivity contribution is -0.164. The molecule has 0 aliphatic carbocycles. The van der Waals surface area contributed by atoms with Crippen LogP contribution in [0.3, 0.4) is 0 Å². The van der Waals surface area contributed by atoms with E-state index in [1.54, 1.807) is 60.5 Å². The first-order valence-corrected chi connectivity index (χ1v) is 17.4. The topological polar surface area (TPSA) is 117 Å². The number of allylic oxidation sites excluding steroid dienone is 1. The van der Waals surface area contributed by atoms with Crippen molar-refractivity contribution in [2.75, 3.05) is 25.1 Å². The number of nitrogens with zero attached hydrogens (tertiary/aromatic N) is 3. The monoisotopic (exact) mass is 689 g/mol. The molecule has 49 heavy (non-hydrogen) atoms. The minimum Gasteiger partial charge on any atom is -0.455 e. The second-order valence-electron chi connectivity index (χ2n) is 13.8. The van der Waals surface area contributed by atoms with Crippen molar-refractivity contribution in [3.63, 3.8) is 0 Å². The molecule has 0 radical (unpaired) electrons. The molecule has 0 saturated carbocycles. The highest BCUT2D eigenvalue weighted by molar-refractivity contribution is 6.34. The molecule has 1 N–H and O–H groups in total. The molecule has 6 rings (SSSR count). The third-order valence-electron chi connectivity index (χ3n) is 10.4. The number of cyclic esters (lactones) is 1. The van der Waals surface area contributed by atoms with Crippen molar-refractivity contribution in [3.8, 4) is 0 Å². The number of rotatable bonds is 6. The average Bonchev–Trinajstić information content (AvgIpc) is 3.48. The van der Waals surface area contributed by atoms with Gasteiger partial charge in [-0.3, -0.25) is 19.2 Å². The Hall–Kier alpha value is -3.99. The number of carbonyl (C=O) groups is 4. The normalized spacial score (nSPS) is 31.8. The quantitative estimate of drug-likeness (QED) is 0.345. The molecule has 3 amide bonds. The fourth-order valence-corrected chi connectivity index (χ4v) is 8.17. The van der Waals surface area contributed by atoms with Gasteiger partial charge in [-0.1, -0.05) is 92.2 Å². The predicted octanol–water partition coefficient (Wildman–Crippen LogP) is 4.71. The fraction of sp³-hybridized carbons (Fsp3) is 0.474. The summed E-state index contributed by atoms with van der Waals surface area (Å²) in [7, 11) is 1.70. The first kappa shape index (κ1) is 34.9. The number of hydrogen-bond acceptors (Lipinski definition) is 7. The van der Waals surface area contributed by atoms with Crippen molar-refractivity contribution in [1.29, 1.82) is 0 Å². The zero-order valence-corrected chi connectivity index (χ0v) is 29.0. The molecule has 2 aromatic rings. The van der Waals surface area contributed by atoms with E-state index in [0.29, 0.717) is 29.1 Å². The van der Waals surface area contributed by atoms with Crippen molar-refractivity contribution >= 4 is 41.0 Å². The third-order valence-corrected chi connectivity index (χ3v) is 10.7. The molecule has 11 heteroatoms. The number of hydrogen-bond donors (Lipinski definition) is 1. The lowest BCUT2D eigenvalue weighted by Gasteiger charge is -2.39. The molecule has 0 bridgehead atoms. The molecule has 0 unspecified atom stereocenters. The summed E-state index contributed by atoms with van der Waals surface area (Å²) in [4.78, 5) is 62.1. The lowest BCUT2D eigenvalue weighted by Crippen LogP contribution is -2.58. The Labute approximate surface area is 292 Å². The first-order chi connectivity index (χ1) is 23.5. The molecular weight excluding hydrogens is 646 g/mol. The van der Waals surface area contributed by atoms with Crippen LogP contribution >= 0.6 is 11.6 Å². The second kappa shape index (κ2) is 14.1. The number of anilines is 1. The number of halogens is 1. The van der Waals surface area contributed by atoms with Crippen LogP contribution < -0.4 is 4.90 Å². The number of amides is 3. The van der Waals surface area contributed by atoms with Gasteiger partial charge in [-0.15, -0.1) is 0 Å². The molecule has 10 nitrogen and oxygen atoms in total. The Balaban J connectivity index is 1.49. The minimum atomic E-state index is -1.55. The number of para-hydroxylation sites is 1. The molecule has 2 saturated heterocycles. The van der Waals surface area contributed by atoms with Crippen molar-refractivity contribution in [1.82, 2.24) is 9.80 Å². The number of aliphatic hydroxyl groups excluding tert-OH is 1. The Bertz CT molecular complexity index is 1650. The number of aliphatic hydroxyl groups is 1. The van der Waals surface area contributed by atoms with Gasteiger partial charge in [0.2, 0.25) is 11.8 Å². The van der Waals surface area contributed by atoms with Crippen LogP contribution in [-0.2, 0) is 28.7 Å². The number of fused-ring (bicyclic) bond motifs is 2. The van der Waals surface area contributed by atoms with E-state index < -0.39 is 65.6 Å². The Kier molecular flexibility index (Phi) is 10.0. The Morgan fingerprint density at radius 3 is 2.41 bits per heavy atom. The van der Waals surface area contributed by atoms with Gasteiger partial charge >= 0.3 is 5.97 Å². The SMILES string of the molecule is CC(C)C[C@H](CO)N1C(=O)[C@@H]2[C@H]3C(=O)O[C@H](c4ccccc4)[C@@H](C)N(C)C(=O)CC/C=C\[C@H]3O[C@@]23C=CCN(c2ccccc2Cl)C(=O)[C@@H]13. The molecule has 1 spiro atoms. The summed E-state index contributed by atoms with van der Waals surface area (Å²) in [5.74, 6) is -3.78. The van der Waals surface area contributed by atoms with Gasteiger partial charge in [-0.25, -0.2) is 0 Å². The lowest BCUT2D eigenvalue weighted by atomic mass is 9.77. The van der Waals surface area contributed by atoms with Crippen LogP contribution in [0.5, 0.6) is 0 Å². The van der Waals surface area contributed by atoms with E-state index in [-0.39, 0.29) is 31.4 Å². The van der Waals surface area contributed by atoms with Gasteiger partial charge in [0.25, 0.3) is 5.91 Å². The zero-order chi connectivity index (χ0) is 35.0. The Morgan fingerprint density at radius 2 is 1.71 bits per heavy atom. The van der Waals surface area contributed by atoms with Crippen LogP contribution in [0.1, 0.15) is 51.7 Å². The molecule has 4 heterocycles. The van der Waals surface area contributed by atoms with E-state index in [0.717, 1.165) is 0 Å². The van der Waals surface area contributed by atoms with Crippen LogP contribution in [0, 0.1) is 17.8 Å². The van der Waals surface area contributed by atoms with Gasteiger partial charge in [-0.2, -0.15) is 0 Å². The van der Waals surface area contributed by atoms with E-state index in [1.165, 1.54) is 9.80 Å². The summed E-state index contributed by atoms with van der Waals surface area (Å²) >= 11 is 6.59. The van der Waals surface area contributed by atoms with E-state index in [2.05, 4.69) is 0 Å². The second-order valence-corrected chi connectivity index (χ2v) is 14.2. The number of ether oxygens (including phenoxy) is 2. The smallest absolute Gasteiger partial charge is 0.313 e. The minimum absolute atomic E-state index is 0.0909. The van der Waals surface area contributed by atoms with Gasteiger partial charge in [0.15, 0.2) is 0 Å².